The molecule has 0 saturated heterocycles. The van der Waals surface area contributed by atoms with Crippen LogP contribution in [-0.4, -0.2) is 25.5 Å². The van der Waals surface area contributed by atoms with Crippen molar-refractivity contribution >= 4 is 21.6 Å². The summed E-state index contributed by atoms with van der Waals surface area (Å²) < 4.78 is 41.5. The van der Waals surface area contributed by atoms with Gasteiger partial charge >= 0.3 is 11.9 Å². The van der Waals surface area contributed by atoms with Gasteiger partial charge in [0.2, 0.25) is 0 Å². The second-order valence-corrected chi connectivity index (χ2v) is 6.92. The maximum Gasteiger partial charge on any atom is 0.416 e. The summed E-state index contributed by atoms with van der Waals surface area (Å²) >= 11 is 3.40. The highest BCUT2D eigenvalue weighted by molar-refractivity contribution is 9.10. The molecule has 0 spiro atoms. The number of hydrogen-bond acceptors (Lipinski definition) is 5. The number of rotatable bonds is 5. The Kier molecular flexibility index (Phi) is 5.87. The number of aryl methyl sites for hydroxylation is 1. The zero-order valence-electron chi connectivity index (χ0n) is 15.3. The van der Waals surface area contributed by atoms with Crippen LogP contribution >= 0.6 is 15.9 Å². The monoisotopic (exact) mass is 469 g/mol. The van der Waals surface area contributed by atoms with Gasteiger partial charge in [0.15, 0.2) is 0 Å². The van der Waals surface area contributed by atoms with E-state index in [-0.39, 0.29) is 17.9 Å². The highest BCUT2D eigenvalue weighted by Crippen LogP contribution is 2.29. The highest BCUT2D eigenvalue weighted by atomic mass is 79.9. The molecule has 0 amide bonds. The first kappa shape index (κ1) is 20.8. The van der Waals surface area contributed by atoms with Crippen molar-refractivity contribution in [1.82, 2.24) is 19.8 Å². The molecule has 29 heavy (non-hydrogen) atoms. The molecule has 3 rings (SSSR count). The number of oxime groups is 1. The Balaban J connectivity index is 1.84. The zero-order chi connectivity index (χ0) is 21.2. The number of tetrazole rings is 1. The lowest BCUT2D eigenvalue weighted by Crippen LogP contribution is -2.23. The van der Waals surface area contributed by atoms with Crippen molar-refractivity contribution in [3.63, 3.8) is 0 Å². The van der Waals surface area contributed by atoms with Gasteiger partial charge in [0.25, 0.3) is 0 Å². The van der Waals surface area contributed by atoms with Crippen LogP contribution in [0.1, 0.15) is 23.6 Å². The van der Waals surface area contributed by atoms with E-state index < -0.39 is 17.4 Å². The number of alkyl halides is 3. The minimum atomic E-state index is -4.44. The molecular weight excluding hydrogens is 455 g/mol. The van der Waals surface area contributed by atoms with Crippen LogP contribution in [0, 0.1) is 0 Å². The van der Waals surface area contributed by atoms with Crippen molar-refractivity contribution in [2.45, 2.75) is 19.7 Å². The normalized spacial score (nSPS) is 12.3. The minimum absolute atomic E-state index is 0.0456. The van der Waals surface area contributed by atoms with Crippen molar-refractivity contribution in [3.8, 4) is 5.69 Å². The molecule has 3 aromatic rings. The van der Waals surface area contributed by atoms with Gasteiger partial charge < -0.3 is 4.84 Å². The molecule has 2 aromatic carbocycles. The van der Waals surface area contributed by atoms with Crippen LogP contribution in [0.4, 0.5) is 13.2 Å². The standard InChI is InChI=1S/C18H15BrF3N5O2/c1-11(12-5-3-6-13(9-12)18(20,21)22)23-29-10-14-15(19)7-4-8-16(14)27-17(28)26(2)24-25-27/h3-9H,10H2,1-2H3/b23-11-. The van der Waals surface area contributed by atoms with Crippen molar-refractivity contribution in [2.24, 2.45) is 12.2 Å². The summed E-state index contributed by atoms with van der Waals surface area (Å²) in [5.41, 5.74) is 0.395. The summed E-state index contributed by atoms with van der Waals surface area (Å²) in [7, 11) is 1.47. The van der Waals surface area contributed by atoms with Gasteiger partial charge in [0.05, 0.1) is 17.0 Å². The fraction of sp³-hybridized carbons (Fsp3) is 0.222. The minimum Gasteiger partial charge on any atom is -0.391 e. The molecule has 0 N–H and O–H groups in total. The summed E-state index contributed by atoms with van der Waals surface area (Å²) in [5, 5.41) is 11.4. The summed E-state index contributed by atoms with van der Waals surface area (Å²) in [5.74, 6) is 0. The lowest BCUT2D eigenvalue weighted by Gasteiger charge is -2.10. The van der Waals surface area contributed by atoms with Crippen molar-refractivity contribution in [2.75, 3.05) is 0 Å². The van der Waals surface area contributed by atoms with Crippen molar-refractivity contribution in [1.29, 1.82) is 0 Å². The Labute approximate surface area is 171 Å². The number of benzene rings is 2. The third kappa shape index (κ3) is 4.56. The molecule has 0 atom stereocenters. The SMILES string of the molecule is C/C(=N/OCc1c(Br)cccc1-n1nnn(C)c1=O)c1cccc(C(F)(F)F)c1. The van der Waals surface area contributed by atoms with Gasteiger partial charge in [-0.1, -0.05) is 39.3 Å². The molecule has 1 heterocycles. The van der Waals surface area contributed by atoms with E-state index in [1.807, 2.05) is 0 Å². The molecule has 0 aliphatic heterocycles. The Morgan fingerprint density at radius 2 is 1.93 bits per heavy atom. The summed E-state index contributed by atoms with van der Waals surface area (Å²) in [6, 6.07) is 9.97. The topological polar surface area (TPSA) is 74.3 Å². The van der Waals surface area contributed by atoms with Crippen LogP contribution in [0.25, 0.3) is 5.69 Å². The van der Waals surface area contributed by atoms with E-state index in [4.69, 9.17) is 4.84 Å². The van der Waals surface area contributed by atoms with Gasteiger partial charge in [-0.2, -0.15) is 22.5 Å². The van der Waals surface area contributed by atoms with Gasteiger partial charge in [-0.3, -0.25) is 0 Å². The molecule has 0 aliphatic carbocycles. The average Bonchev–Trinajstić information content (AvgIpc) is 3.01. The molecule has 0 radical (unpaired) electrons. The van der Waals surface area contributed by atoms with Crippen LogP contribution in [0.3, 0.4) is 0 Å². The van der Waals surface area contributed by atoms with Crippen molar-refractivity contribution < 1.29 is 18.0 Å². The Morgan fingerprint density at radius 1 is 1.21 bits per heavy atom. The quantitative estimate of drug-likeness (QED) is 0.421. The molecule has 1 aromatic heterocycles. The van der Waals surface area contributed by atoms with E-state index in [9.17, 15) is 18.0 Å². The second kappa shape index (κ2) is 8.19. The number of aromatic nitrogens is 4. The summed E-state index contributed by atoms with van der Waals surface area (Å²) in [6.07, 6.45) is -4.44. The Bertz CT molecular complexity index is 1120. The number of hydrogen-bond donors (Lipinski definition) is 0. The first-order chi connectivity index (χ1) is 13.7. The molecule has 11 heteroatoms. The van der Waals surface area contributed by atoms with E-state index in [1.165, 1.54) is 19.2 Å². The van der Waals surface area contributed by atoms with Gasteiger partial charge in [-0.25, -0.2) is 4.79 Å². The highest BCUT2D eigenvalue weighted by Gasteiger charge is 2.30. The van der Waals surface area contributed by atoms with Crippen LogP contribution in [0.2, 0.25) is 0 Å². The maximum atomic E-state index is 12.9. The fourth-order valence-corrected chi connectivity index (χ4v) is 2.99. The largest absolute Gasteiger partial charge is 0.416 e. The predicted molar refractivity (Wildman–Crippen MR) is 103 cm³/mol. The number of halogens is 4. The molecule has 0 saturated carbocycles. The summed E-state index contributed by atoms with van der Waals surface area (Å²) in [6.45, 7) is 1.50. The molecule has 0 aliphatic rings. The maximum absolute atomic E-state index is 12.9. The van der Waals surface area contributed by atoms with Crippen LogP contribution in [0.5, 0.6) is 0 Å². The van der Waals surface area contributed by atoms with Crippen LogP contribution < -0.4 is 5.69 Å². The predicted octanol–water partition coefficient (Wildman–Crippen LogP) is 3.69. The molecule has 0 bridgehead atoms. The van der Waals surface area contributed by atoms with Crippen LogP contribution in [-0.2, 0) is 24.7 Å². The Hall–Kier alpha value is -2.95. The lowest BCUT2D eigenvalue weighted by molar-refractivity contribution is -0.137. The second-order valence-electron chi connectivity index (χ2n) is 6.06. The smallest absolute Gasteiger partial charge is 0.391 e. The molecule has 0 unspecified atom stereocenters. The molecular formula is C18H15BrF3N5O2. The summed E-state index contributed by atoms with van der Waals surface area (Å²) in [4.78, 5) is 17.5. The van der Waals surface area contributed by atoms with Crippen LogP contribution in [0.15, 0.2) is 56.9 Å². The van der Waals surface area contributed by atoms with Crippen molar-refractivity contribution in [3.05, 3.63) is 74.1 Å². The van der Waals surface area contributed by atoms with E-state index in [0.717, 1.165) is 21.5 Å². The third-order valence-corrected chi connectivity index (χ3v) is 4.80. The van der Waals surface area contributed by atoms with E-state index in [1.54, 1.807) is 25.1 Å². The van der Waals surface area contributed by atoms with E-state index in [2.05, 4.69) is 31.5 Å². The fourth-order valence-electron chi connectivity index (χ4n) is 2.52. The third-order valence-electron chi connectivity index (χ3n) is 4.06. The molecule has 0 fully saturated rings. The van der Waals surface area contributed by atoms with Gasteiger partial charge in [0.1, 0.15) is 6.61 Å². The van der Waals surface area contributed by atoms with E-state index in [0.29, 0.717) is 15.7 Å². The molecule has 7 nitrogen and oxygen atoms in total. The first-order valence-electron chi connectivity index (χ1n) is 8.29. The van der Waals surface area contributed by atoms with Gasteiger partial charge in [-0.05, 0) is 47.2 Å². The average molecular weight is 470 g/mol. The van der Waals surface area contributed by atoms with Gasteiger partial charge in [0, 0.05) is 17.1 Å². The van der Waals surface area contributed by atoms with Gasteiger partial charge in [-0.15, -0.1) is 0 Å². The zero-order valence-corrected chi connectivity index (χ0v) is 16.9. The molecule has 152 valence electrons. The number of nitrogens with zero attached hydrogens (tertiary/aromatic N) is 5. The Morgan fingerprint density at radius 3 is 2.59 bits per heavy atom. The lowest BCUT2D eigenvalue weighted by atomic mass is 10.1. The first-order valence-corrected chi connectivity index (χ1v) is 9.08. The van der Waals surface area contributed by atoms with E-state index >= 15 is 0 Å².